The van der Waals surface area contributed by atoms with E-state index in [2.05, 4.69) is 13.8 Å². The van der Waals surface area contributed by atoms with Crippen LogP contribution in [0, 0.1) is 6.92 Å². The third-order valence-corrected chi connectivity index (χ3v) is 7.33. The first-order valence-electron chi connectivity index (χ1n) is 9.83. The van der Waals surface area contributed by atoms with Gasteiger partial charge in [-0.1, -0.05) is 26.0 Å². The summed E-state index contributed by atoms with van der Waals surface area (Å²) in [5.74, 6) is 1.20. The number of aryl methyl sites for hydroxylation is 1. The number of hydrogen-bond acceptors (Lipinski definition) is 5. The SMILES string of the molecule is COC(=O)c1cc(C[NH+]2CCN(S(=O)(=O)c3ccc(C(C)C)cc3)CC2)oc1C. The summed E-state index contributed by atoms with van der Waals surface area (Å²) in [5, 5.41) is 0. The Bertz CT molecular complexity index is 955. The molecular weight excluding hydrogens is 392 g/mol. The highest BCUT2D eigenvalue weighted by molar-refractivity contribution is 7.89. The lowest BCUT2D eigenvalue weighted by Gasteiger charge is -2.31. The van der Waals surface area contributed by atoms with Gasteiger partial charge in [0.25, 0.3) is 0 Å². The molecule has 158 valence electrons. The third kappa shape index (κ3) is 4.71. The first-order valence-corrected chi connectivity index (χ1v) is 11.3. The zero-order chi connectivity index (χ0) is 21.2. The van der Waals surface area contributed by atoms with E-state index in [1.54, 1.807) is 29.4 Å². The van der Waals surface area contributed by atoms with Crippen LogP contribution in [0.5, 0.6) is 0 Å². The van der Waals surface area contributed by atoms with Gasteiger partial charge in [-0.15, -0.1) is 0 Å². The zero-order valence-electron chi connectivity index (χ0n) is 17.4. The van der Waals surface area contributed by atoms with Gasteiger partial charge in [0.15, 0.2) is 5.76 Å². The van der Waals surface area contributed by atoms with Gasteiger partial charge in [0.2, 0.25) is 10.0 Å². The third-order valence-electron chi connectivity index (χ3n) is 5.41. The van der Waals surface area contributed by atoms with Crippen LogP contribution in [-0.4, -0.2) is 52.0 Å². The molecule has 0 saturated carbocycles. The molecule has 3 rings (SSSR count). The number of quaternary nitrogens is 1. The van der Waals surface area contributed by atoms with Crippen molar-refractivity contribution in [3.63, 3.8) is 0 Å². The topological polar surface area (TPSA) is 81.3 Å². The van der Waals surface area contributed by atoms with E-state index in [1.807, 2.05) is 12.1 Å². The molecule has 2 aromatic rings. The van der Waals surface area contributed by atoms with Gasteiger partial charge in [0.05, 0.1) is 38.2 Å². The Morgan fingerprint density at radius 1 is 1.21 bits per heavy atom. The monoisotopic (exact) mass is 421 g/mol. The fourth-order valence-electron chi connectivity index (χ4n) is 3.58. The van der Waals surface area contributed by atoms with Crippen LogP contribution in [0.3, 0.4) is 0 Å². The van der Waals surface area contributed by atoms with Crippen molar-refractivity contribution in [2.45, 2.75) is 38.1 Å². The standard InChI is InChI=1S/C21H28N2O5S/c1-15(2)17-5-7-19(8-6-17)29(25,26)23-11-9-22(10-12-23)14-18-13-20(16(3)28-18)21(24)27-4/h5-8,13,15H,9-12,14H2,1-4H3/p+1. The molecule has 1 aromatic heterocycles. The van der Waals surface area contributed by atoms with Gasteiger partial charge in [-0.05, 0) is 30.5 Å². The Hall–Kier alpha value is -2.16. The van der Waals surface area contributed by atoms with Crippen LogP contribution >= 0.6 is 0 Å². The Morgan fingerprint density at radius 3 is 2.38 bits per heavy atom. The van der Waals surface area contributed by atoms with Crippen LogP contribution in [-0.2, 0) is 21.3 Å². The highest BCUT2D eigenvalue weighted by Crippen LogP contribution is 2.20. The maximum atomic E-state index is 12.9. The number of piperazine rings is 1. The highest BCUT2D eigenvalue weighted by Gasteiger charge is 2.31. The van der Waals surface area contributed by atoms with Crippen LogP contribution in [0.4, 0.5) is 0 Å². The lowest BCUT2D eigenvalue weighted by Crippen LogP contribution is -3.13. The summed E-state index contributed by atoms with van der Waals surface area (Å²) in [6, 6.07) is 8.88. The Kier molecular flexibility index (Phi) is 6.45. The maximum absolute atomic E-state index is 12.9. The number of carbonyl (C=O) groups excluding carboxylic acids is 1. The van der Waals surface area contributed by atoms with Crippen LogP contribution in [0.25, 0.3) is 0 Å². The van der Waals surface area contributed by atoms with Crippen molar-refractivity contribution in [3.05, 3.63) is 53.0 Å². The van der Waals surface area contributed by atoms with E-state index >= 15 is 0 Å². The highest BCUT2D eigenvalue weighted by atomic mass is 32.2. The molecule has 8 heteroatoms. The molecule has 1 aliphatic heterocycles. The quantitative estimate of drug-likeness (QED) is 0.717. The second-order valence-electron chi connectivity index (χ2n) is 7.73. The molecule has 0 bridgehead atoms. The van der Waals surface area contributed by atoms with Crippen LogP contribution in [0.2, 0.25) is 0 Å². The van der Waals surface area contributed by atoms with Crippen molar-refractivity contribution >= 4 is 16.0 Å². The average molecular weight is 422 g/mol. The van der Waals surface area contributed by atoms with Crippen molar-refractivity contribution in [1.29, 1.82) is 0 Å². The smallest absolute Gasteiger partial charge is 0.341 e. The second-order valence-corrected chi connectivity index (χ2v) is 9.67. The number of ether oxygens (including phenoxy) is 1. The van der Waals surface area contributed by atoms with Crippen molar-refractivity contribution in [3.8, 4) is 0 Å². The summed E-state index contributed by atoms with van der Waals surface area (Å²) in [6.07, 6.45) is 0. The van der Waals surface area contributed by atoms with E-state index in [1.165, 1.54) is 12.0 Å². The molecule has 0 unspecified atom stereocenters. The Morgan fingerprint density at radius 2 is 1.83 bits per heavy atom. The summed E-state index contributed by atoms with van der Waals surface area (Å²) < 4.78 is 37.9. The molecular formula is C21H29N2O5S+. The number of benzene rings is 1. The lowest BCUT2D eigenvalue weighted by molar-refractivity contribution is -0.918. The minimum Gasteiger partial charge on any atom is -0.465 e. The minimum absolute atomic E-state index is 0.342. The van der Waals surface area contributed by atoms with Gasteiger partial charge in [-0.25, -0.2) is 13.2 Å². The fourth-order valence-corrected chi connectivity index (χ4v) is 5.02. The van der Waals surface area contributed by atoms with Crippen molar-refractivity contribution in [2.24, 2.45) is 0 Å². The van der Waals surface area contributed by atoms with E-state index in [-0.39, 0.29) is 0 Å². The largest absolute Gasteiger partial charge is 0.465 e. The number of nitrogens with zero attached hydrogens (tertiary/aromatic N) is 1. The average Bonchev–Trinajstić information content (AvgIpc) is 3.07. The lowest BCUT2D eigenvalue weighted by atomic mass is 10.0. The molecule has 0 amide bonds. The molecule has 0 atom stereocenters. The number of rotatable bonds is 6. The van der Waals surface area contributed by atoms with Gasteiger partial charge < -0.3 is 14.1 Å². The Balaban J connectivity index is 1.62. The van der Waals surface area contributed by atoms with Gasteiger partial charge in [0.1, 0.15) is 17.9 Å². The molecule has 1 aromatic carbocycles. The molecule has 7 nitrogen and oxygen atoms in total. The summed E-state index contributed by atoms with van der Waals surface area (Å²) in [7, 11) is -2.14. The van der Waals surface area contributed by atoms with E-state index in [9.17, 15) is 13.2 Å². The Labute approximate surface area is 172 Å². The normalized spacial score (nSPS) is 16.3. The van der Waals surface area contributed by atoms with E-state index in [0.717, 1.165) is 5.56 Å². The number of hydrogen-bond donors (Lipinski definition) is 1. The van der Waals surface area contributed by atoms with Crippen molar-refractivity contribution < 1.29 is 27.3 Å². The first kappa shape index (κ1) is 21.5. The molecule has 0 aliphatic carbocycles. The van der Waals surface area contributed by atoms with Crippen molar-refractivity contribution in [1.82, 2.24) is 4.31 Å². The fraction of sp³-hybridized carbons (Fsp3) is 0.476. The molecule has 1 aliphatic rings. The number of esters is 1. The minimum atomic E-state index is -3.48. The van der Waals surface area contributed by atoms with Gasteiger partial charge >= 0.3 is 5.97 Å². The van der Waals surface area contributed by atoms with Gasteiger partial charge in [0, 0.05) is 6.07 Å². The van der Waals surface area contributed by atoms with Crippen LogP contribution in [0.15, 0.2) is 39.6 Å². The predicted octanol–water partition coefficient (Wildman–Crippen LogP) is 1.59. The van der Waals surface area contributed by atoms with Gasteiger partial charge in [-0.2, -0.15) is 4.31 Å². The number of carbonyl (C=O) groups is 1. The van der Waals surface area contributed by atoms with Crippen LogP contribution < -0.4 is 4.90 Å². The summed E-state index contributed by atoms with van der Waals surface area (Å²) in [4.78, 5) is 13.3. The number of furan rings is 1. The molecule has 0 spiro atoms. The molecule has 1 saturated heterocycles. The summed E-state index contributed by atoms with van der Waals surface area (Å²) in [5.41, 5.74) is 1.56. The molecule has 1 N–H and O–H groups in total. The number of sulfonamides is 1. The molecule has 29 heavy (non-hydrogen) atoms. The number of nitrogens with one attached hydrogen (secondary N) is 1. The van der Waals surface area contributed by atoms with E-state index in [4.69, 9.17) is 9.15 Å². The second kappa shape index (κ2) is 8.69. The van der Waals surface area contributed by atoms with E-state index < -0.39 is 16.0 Å². The van der Waals surface area contributed by atoms with Crippen molar-refractivity contribution in [2.75, 3.05) is 33.3 Å². The number of methoxy groups -OCH3 is 1. The van der Waals surface area contributed by atoms with Crippen LogP contribution in [0.1, 0.15) is 47.2 Å². The molecule has 1 fully saturated rings. The summed E-state index contributed by atoms with van der Waals surface area (Å²) in [6.45, 7) is 8.77. The zero-order valence-corrected chi connectivity index (χ0v) is 18.2. The van der Waals surface area contributed by atoms with E-state index in [0.29, 0.717) is 60.6 Å². The summed E-state index contributed by atoms with van der Waals surface area (Å²) >= 11 is 0. The maximum Gasteiger partial charge on any atom is 0.341 e. The first-order chi connectivity index (χ1) is 13.7. The predicted molar refractivity (Wildman–Crippen MR) is 108 cm³/mol. The van der Waals surface area contributed by atoms with Gasteiger partial charge in [-0.3, -0.25) is 0 Å². The molecule has 0 radical (unpaired) electrons. The molecule has 2 heterocycles.